The van der Waals surface area contributed by atoms with Crippen LogP contribution in [-0.4, -0.2) is 59.2 Å². The number of aromatic carboxylic acids is 1. The second-order valence-electron chi connectivity index (χ2n) is 5.41. The molecule has 2 heterocycles. The maximum atomic E-state index is 11.0. The molecule has 1 N–H and O–H groups in total. The number of likely N-dealkylation sites (N-methyl/N-ethyl adjacent to an activating group) is 1. The summed E-state index contributed by atoms with van der Waals surface area (Å²) >= 11 is 0. The van der Waals surface area contributed by atoms with Gasteiger partial charge in [0.1, 0.15) is 0 Å². The molecule has 1 aliphatic rings. The fraction of sp³-hybridized carbons (Fsp3) is 0.615. The topological polar surface area (TPSA) is 69.6 Å². The fourth-order valence-electron chi connectivity index (χ4n) is 2.59. The summed E-state index contributed by atoms with van der Waals surface area (Å²) in [4.78, 5) is 23.8. The molecule has 0 amide bonds. The number of nitrogens with zero attached hydrogens (tertiary/aromatic N) is 4. The minimum atomic E-state index is -1.01. The number of carboxylic acids is 1. The minimum absolute atomic E-state index is 0.0588. The van der Waals surface area contributed by atoms with E-state index in [0.717, 1.165) is 13.1 Å². The van der Waals surface area contributed by atoms with E-state index in [9.17, 15) is 4.79 Å². The summed E-state index contributed by atoms with van der Waals surface area (Å²) in [6.45, 7) is 5.67. The second kappa shape index (κ2) is 5.13. The SMILES string of the molecule is Cc1cc(C(=O)O)nc(N2CC(C)C(N(C)C)C2)n1. The molecule has 0 aromatic carbocycles. The summed E-state index contributed by atoms with van der Waals surface area (Å²) in [5, 5.41) is 9.05. The van der Waals surface area contributed by atoms with Crippen LogP contribution in [0.5, 0.6) is 0 Å². The minimum Gasteiger partial charge on any atom is -0.477 e. The van der Waals surface area contributed by atoms with Gasteiger partial charge in [0.05, 0.1) is 0 Å². The van der Waals surface area contributed by atoms with Gasteiger partial charge in [-0.1, -0.05) is 6.92 Å². The molecule has 1 aromatic rings. The summed E-state index contributed by atoms with van der Waals surface area (Å²) in [5.74, 6) is 0.0177. The highest BCUT2D eigenvalue weighted by Crippen LogP contribution is 2.24. The molecule has 0 saturated carbocycles. The maximum Gasteiger partial charge on any atom is 0.354 e. The lowest BCUT2D eigenvalue weighted by Gasteiger charge is -2.22. The average Bonchev–Trinajstić information content (AvgIpc) is 2.70. The monoisotopic (exact) mass is 264 g/mol. The van der Waals surface area contributed by atoms with Gasteiger partial charge in [-0.15, -0.1) is 0 Å². The Morgan fingerprint density at radius 2 is 2.11 bits per heavy atom. The Morgan fingerprint density at radius 1 is 1.42 bits per heavy atom. The molecular formula is C13H20N4O2. The first-order valence-electron chi connectivity index (χ1n) is 6.39. The summed E-state index contributed by atoms with van der Waals surface area (Å²) in [5.41, 5.74) is 0.742. The Hall–Kier alpha value is -1.69. The van der Waals surface area contributed by atoms with Crippen molar-refractivity contribution in [2.45, 2.75) is 19.9 Å². The Morgan fingerprint density at radius 3 is 2.63 bits per heavy atom. The van der Waals surface area contributed by atoms with Gasteiger partial charge in [0, 0.05) is 24.8 Å². The van der Waals surface area contributed by atoms with Crippen molar-refractivity contribution in [1.82, 2.24) is 14.9 Å². The summed E-state index contributed by atoms with van der Waals surface area (Å²) in [6, 6.07) is 1.94. The zero-order valence-corrected chi connectivity index (χ0v) is 11.8. The maximum absolute atomic E-state index is 11.0. The zero-order valence-electron chi connectivity index (χ0n) is 11.8. The van der Waals surface area contributed by atoms with Crippen molar-refractivity contribution in [1.29, 1.82) is 0 Å². The number of rotatable bonds is 3. The number of aryl methyl sites for hydroxylation is 1. The van der Waals surface area contributed by atoms with Crippen LogP contribution in [0.15, 0.2) is 6.07 Å². The van der Waals surface area contributed by atoms with E-state index >= 15 is 0 Å². The van der Waals surface area contributed by atoms with Gasteiger partial charge >= 0.3 is 5.97 Å². The van der Waals surface area contributed by atoms with Crippen LogP contribution in [0.1, 0.15) is 23.1 Å². The number of anilines is 1. The molecular weight excluding hydrogens is 244 g/mol. The molecule has 1 fully saturated rings. The molecule has 1 aromatic heterocycles. The van der Waals surface area contributed by atoms with E-state index in [2.05, 4.69) is 40.8 Å². The molecule has 1 saturated heterocycles. The van der Waals surface area contributed by atoms with E-state index in [-0.39, 0.29) is 5.69 Å². The highest BCUT2D eigenvalue weighted by atomic mass is 16.4. The first-order chi connectivity index (χ1) is 8.88. The summed E-state index contributed by atoms with van der Waals surface area (Å²) in [6.07, 6.45) is 0. The molecule has 2 atom stereocenters. The molecule has 0 radical (unpaired) electrons. The number of carboxylic acid groups (broad SMARTS) is 1. The van der Waals surface area contributed by atoms with E-state index in [1.54, 1.807) is 6.92 Å². The fourth-order valence-corrected chi connectivity index (χ4v) is 2.59. The molecule has 0 aliphatic carbocycles. The van der Waals surface area contributed by atoms with E-state index in [4.69, 9.17) is 5.11 Å². The zero-order chi connectivity index (χ0) is 14.2. The van der Waals surface area contributed by atoms with Gasteiger partial charge in [-0.05, 0) is 33.0 Å². The summed E-state index contributed by atoms with van der Waals surface area (Å²) < 4.78 is 0. The first-order valence-corrected chi connectivity index (χ1v) is 6.39. The van der Waals surface area contributed by atoms with Crippen molar-refractivity contribution in [3.8, 4) is 0 Å². The lowest BCUT2D eigenvalue weighted by molar-refractivity contribution is 0.0690. The molecule has 0 bridgehead atoms. The van der Waals surface area contributed by atoms with Crippen LogP contribution in [0.4, 0.5) is 5.95 Å². The van der Waals surface area contributed by atoms with Crippen LogP contribution >= 0.6 is 0 Å². The van der Waals surface area contributed by atoms with Gasteiger partial charge in [-0.3, -0.25) is 0 Å². The number of aromatic nitrogens is 2. The predicted octanol–water partition coefficient (Wildman–Crippen LogP) is 0.870. The number of hydrogen-bond donors (Lipinski definition) is 1. The van der Waals surface area contributed by atoms with Crippen molar-refractivity contribution in [3.63, 3.8) is 0 Å². The quantitative estimate of drug-likeness (QED) is 0.873. The smallest absolute Gasteiger partial charge is 0.354 e. The Bertz CT molecular complexity index is 490. The first kappa shape index (κ1) is 13.7. The predicted molar refractivity (Wildman–Crippen MR) is 72.6 cm³/mol. The molecule has 19 heavy (non-hydrogen) atoms. The largest absolute Gasteiger partial charge is 0.477 e. The number of hydrogen-bond acceptors (Lipinski definition) is 5. The molecule has 0 spiro atoms. The van der Waals surface area contributed by atoms with Crippen LogP contribution < -0.4 is 4.90 Å². The van der Waals surface area contributed by atoms with Gasteiger partial charge in [0.2, 0.25) is 5.95 Å². The lowest BCUT2D eigenvalue weighted by atomic mass is 10.1. The molecule has 2 rings (SSSR count). The van der Waals surface area contributed by atoms with E-state index in [1.165, 1.54) is 6.07 Å². The normalized spacial score (nSPS) is 23.1. The van der Waals surface area contributed by atoms with Crippen LogP contribution in [-0.2, 0) is 0 Å². The lowest BCUT2D eigenvalue weighted by Crippen LogP contribution is -2.34. The third-order valence-electron chi connectivity index (χ3n) is 3.58. The Kier molecular flexibility index (Phi) is 3.71. The highest BCUT2D eigenvalue weighted by Gasteiger charge is 2.32. The molecule has 6 nitrogen and oxygen atoms in total. The Labute approximate surface area is 113 Å². The highest BCUT2D eigenvalue weighted by molar-refractivity contribution is 5.85. The van der Waals surface area contributed by atoms with E-state index in [0.29, 0.717) is 23.6 Å². The average molecular weight is 264 g/mol. The van der Waals surface area contributed by atoms with Crippen molar-refractivity contribution < 1.29 is 9.90 Å². The van der Waals surface area contributed by atoms with E-state index < -0.39 is 5.97 Å². The van der Waals surface area contributed by atoms with Gasteiger partial charge in [-0.25, -0.2) is 14.8 Å². The third kappa shape index (κ3) is 2.84. The number of carbonyl (C=O) groups is 1. The van der Waals surface area contributed by atoms with Crippen LogP contribution in [0.25, 0.3) is 0 Å². The van der Waals surface area contributed by atoms with Gasteiger partial charge in [0.25, 0.3) is 0 Å². The molecule has 2 unspecified atom stereocenters. The summed E-state index contributed by atoms with van der Waals surface area (Å²) in [7, 11) is 4.12. The Balaban J connectivity index is 2.26. The van der Waals surface area contributed by atoms with Crippen LogP contribution in [0, 0.1) is 12.8 Å². The van der Waals surface area contributed by atoms with Crippen molar-refractivity contribution in [2.24, 2.45) is 5.92 Å². The third-order valence-corrected chi connectivity index (χ3v) is 3.58. The van der Waals surface area contributed by atoms with Crippen LogP contribution in [0.2, 0.25) is 0 Å². The van der Waals surface area contributed by atoms with Gasteiger partial charge in [0.15, 0.2) is 5.69 Å². The van der Waals surface area contributed by atoms with Crippen LogP contribution in [0.3, 0.4) is 0 Å². The van der Waals surface area contributed by atoms with Crippen molar-refractivity contribution in [2.75, 3.05) is 32.1 Å². The van der Waals surface area contributed by atoms with Gasteiger partial charge < -0.3 is 14.9 Å². The molecule has 6 heteroatoms. The standard InChI is InChI=1S/C13H20N4O2/c1-8-6-17(7-11(8)16(3)4)13-14-9(2)5-10(15-13)12(18)19/h5,8,11H,6-7H2,1-4H3,(H,18,19). The van der Waals surface area contributed by atoms with E-state index in [1.807, 2.05) is 0 Å². The second-order valence-corrected chi connectivity index (χ2v) is 5.41. The molecule has 1 aliphatic heterocycles. The van der Waals surface area contributed by atoms with Gasteiger partial charge in [-0.2, -0.15) is 0 Å². The molecule has 104 valence electrons. The van der Waals surface area contributed by atoms with Crippen molar-refractivity contribution in [3.05, 3.63) is 17.5 Å². The van der Waals surface area contributed by atoms with Crippen molar-refractivity contribution >= 4 is 11.9 Å².